The van der Waals surface area contributed by atoms with Crippen LogP contribution in [0.25, 0.3) is 0 Å². The maximum absolute atomic E-state index is 6.08. The van der Waals surface area contributed by atoms with E-state index < -0.39 is 0 Å². The van der Waals surface area contributed by atoms with E-state index in [1.54, 1.807) is 0 Å². The maximum Gasteiger partial charge on any atom is 0.142 e. The number of hydrogen-bond donors (Lipinski definition) is 1. The normalized spacial score (nSPS) is 12.2. The first kappa shape index (κ1) is 17.2. The number of halogens is 1. The third-order valence-corrected chi connectivity index (χ3v) is 3.53. The summed E-state index contributed by atoms with van der Waals surface area (Å²) >= 11 is 6.08. The fourth-order valence-electron chi connectivity index (χ4n) is 2.17. The molecule has 0 aliphatic rings. The minimum absolute atomic E-state index is 0.439. The van der Waals surface area contributed by atoms with Gasteiger partial charge < -0.3 is 10.1 Å². The molecule has 1 rings (SSSR count). The van der Waals surface area contributed by atoms with Crippen molar-refractivity contribution in [1.29, 1.82) is 0 Å². The van der Waals surface area contributed by atoms with Crippen LogP contribution in [0.3, 0.4) is 0 Å². The highest BCUT2D eigenvalue weighted by Gasteiger charge is 2.08. The van der Waals surface area contributed by atoms with Crippen molar-refractivity contribution in [3.8, 4) is 5.75 Å². The van der Waals surface area contributed by atoms with Crippen molar-refractivity contribution < 1.29 is 4.74 Å². The van der Waals surface area contributed by atoms with Crippen LogP contribution in [0, 0.1) is 0 Å². The molecule has 0 saturated heterocycles. The minimum atomic E-state index is 0.439. The van der Waals surface area contributed by atoms with E-state index in [4.69, 9.17) is 16.3 Å². The van der Waals surface area contributed by atoms with Crippen LogP contribution >= 0.6 is 11.6 Å². The molecule has 1 atom stereocenters. The molecule has 0 saturated carbocycles. The van der Waals surface area contributed by atoms with E-state index in [1.165, 1.54) is 32.1 Å². The largest absolute Gasteiger partial charge is 0.491 e. The van der Waals surface area contributed by atoms with Crippen LogP contribution in [-0.4, -0.2) is 12.6 Å². The van der Waals surface area contributed by atoms with Gasteiger partial charge in [-0.25, -0.2) is 0 Å². The summed E-state index contributed by atoms with van der Waals surface area (Å²) in [5.74, 6) is 0.900. The topological polar surface area (TPSA) is 21.3 Å². The van der Waals surface area contributed by atoms with Crippen LogP contribution in [-0.2, 0) is 0 Å². The second-order valence-electron chi connectivity index (χ2n) is 5.38. The van der Waals surface area contributed by atoms with E-state index in [9.17, 15) is 0 Å². The number of rotatable bonds is 10. The number of nitrogens with one attached hydrogen (secondary N) is 1. The lowest BCUT2D eigenvalue weighted by Gasteiger charge is -2.18. The van der Waals surface area contributed by atoms with E-state index in [0.29, 0.717) is 6.04 Å². The average molecular weight is 298 g/mol. The summed E-state index contributed by atoms with van der Waals surface area (Å²) in [5.41, 5.74) is 1.01. The zero-order valence-electron chi connectivity index (χ0n) is 13.0. The van der Waals surface area contributed by atoms with Gasteiger partial charge in [0, 0.05) is 11.1 Å². The molecule has 0 heterocycles. The molecule has 2 nitrogen and oxygen atoms in total. The Bertz CT molecular complexity index is 381. The molecular formula is C17H28ClNO. The lowest BCUT2D eigenvalue weighted by atomic mass is 10.1. The van der Waals surface area contributed by atoms with Crippen LogP contribution in [0.15, 0.2) is 18.2 Å². The Balaban J connectivity index is 2.53. The van der Waals surface area contributed by atoms with Crippen molar-refractivity contribution >= 4 is 17.3 Å². The fraction of sp³-hybridized carbons (Fsp3) is 0.647. The van der Waals surface area contributed by atoms with Crippen LogP contribution < -0.4 is 10.1 Å². The molecule has 3 heteroatoms. The van der Waals surface area contributed by atoms with Gasteiger partial charge in [0.2, 0.25) is 0 Å². The van der Waals surface area contributed by atoms with Gasteiger partial charge in [-0.1, -0.05) is 51.1 Å². The van der Waals surface area contributed by atoms with Gasteiger partial charge in [-0.15, -0.1) is 0 Å². The van der Waals surface area contributed by atoms with Crippen molar-refractivity contribution in [2.45, 2.75) is 65.3 Å². The fourth-order valence-corrected chi connectivity index (χ4v) is 2.34. The molecule has 0 spiro atoms. The summed E-state index contributed by atoms with van der Waals surface area (Å²) in [4.78, 5) is 0. The Morgan fingerprint density at radius 1 is 1.15 bits per heavy atom. The van der Waals surface area contributed by atoms with E-state index in [0.717, 1.165) is 29.5 Å². The number of anilines is 1. The SMILES string of the molecule is CCCCCCC(C)Nc1cc(Cl)ccc1OCCC. The Morgan fingerprint density at radius 3 is 2.65 bits per heavy atom. The summed E-state index contributed by atoms with van der Waals surface area (Å²) < 4.78 is 5.76. The van der Waals surface area contributed by atoms with Crippen molar-refractivity contribution in [2.24, 2.45) is 0 Å². The zero-order valence-corrected chi connectivity index (χ0v) is 13.8. The Morgan fingerprint density at radius 2 is 1.95 bits per heavy atom. The first-order valence-corrected chi connectivity index (χ1v) is 8.24. The van der Waals surface area contributed by atoms with Gasteiger partial charge in [0.15, 0.2) is 0 Å². The van der Waals surface area contributed by atoms with Gasteiger partial charge in [0.05, 0.1) is 12.3 Å². The number of ether oxygens (including phenoxy) is 1. The van der Waals surface area contributed by atoms with Crippen molar-refractivity contribution in [3.63, 3.8) is 0 Å². The van der Waals surface area contributed by atoms with E-state index in [1.807, 2.05) is 18.2 Å². The highest BCUT2D eigenvalue weighted by molar-refractivity contribution is 6.30. The lowest BCUT2D eigenvalue weighted by molar-refractivity contribution is 0.318. The van der Waals surface area contributed by atoms with Gasteiger partial charge >= 0.3 is 0 Å². The Labute approximate surface area is 128 Å². The smallest absolute Gasteiger partial charge is 0.142 e. The molecule has 1 aromatic rings. The molecule has 0 bridgehead atoms. The molecule has 1 N–H and O–H groups in total. The first-order chi connectivity index (χ1) is 9.67. The third kappa shape index (κ3) is 6.51. The average Bonchev–Trinajstić information content (AvgIpc) is 2.43. The number of benzene rings is 1. The zero-order chi connectivity index (χ0) is 14.8. The molecule has 0 aromatic heterocycles. The van der Waals surface area contributed by atoms with Gasteiger partial charge in [0.25, 0.3) is 0 Å². The molecule has 1 unspecified atom stereocenters. The molecular weight excluding hydrogens is 270 g/mol. The van der Waals surface area contributed by atoms with E-state index >= 15 is 0 Å². The summed E-state index contributed by atoms with van der Waals surface area (Å²) in [6.07, 6.45) is 7.39. The summed E-state index contributed by atoms with van der Waals surface area (Å²) in [6.45, 7) is 7.31. The quantitative estimate of drug-likeness (QED) is 0.543. The predicted octanol–water partition coefficient (Wildman–Crippen LogP) is 5.90. The monoisotopic (exact) mass is 297 g/mol. The Hall–Kier alpha value is -0.890. The third-order valence-electron chi connectivity index (χ3n) is 3.30. The highest BCUT2D eigenvalue weighted by atomic mass is 35.5. The molecule has 0 amide bonds. The summed E-state index contributed by atoms with van der Waals surface area (Å²) in [5, 5.41) is 4.27. The minimum Gasteiger partial charge on any atom is -0.491 e. The molecule has 1 aromatic carbocycles. The predicted molar refractivity (Wildman–Crippen MR) is 89.1 cm³/mol. The second kappa shape index (κ2) is 9.93. The number of hydrogen-bond acceptors (Lipinski definition) is 2. The van der Waals surface area contributed by atoms with Crippen molar-refractivity contribution in [3.05, 3.63) is 23.2 Å². The molecule has 0 fully saturated rings. The van der Waals surface area contributed by atoms with E-state index in [-0.39, 0.29) is 0 Å². The first-order valence-electron chi connectivity index (χ1n) is 7.86. The van der Waals surface area contributed by atoms with Crippen LogP contribution in [0.1, 0.15) is 59.3 Å². The van der Waals surface area contributed by atoms with Crippen LogP contribution in [0.2, 0.25) is 5.02 Å². The Kier molecular flexibility index (Phi) is 8.52. The summed E-state index contributed by atoms with van der Waals surface area (Å²) in [6, 6.07) is 6.22. The van der Waals surface area contributed by atoms with Gasteiger partial charge in [-0.2, -0.15) is 0 Å². The van der Waals surface area contributed by atoms with Gasteiger partial charge in [-0.05, 0) is 38.0 Å². The molecule has 0 radical (unpaired) electrons. The van der Waals surface area contributed by atoms with Crippen LogP contribution in [0.4, 0.5) is 5.69 Å². The lowest BCUT2D eigenvalue weighted by Crippen LogP contribution is -2.15. The standard InChI is InChI=1S/C17H28ClNO/c1-4-6-7-8-9-14(3)19-16-13-15(18)10-11-17(16)20-12-5-2/h10-11,13-14,19H,4-9,12H2,1-3H3. The van der Waals surface area contributed by atoms with Crippen LogP contribution in [0.5, 0.6) is 5.75 Å². The molecule has 0 aliphatic heterocycles. The van der Waals surface area contributed by atoms with Crippen molar-refractivity contribution in [1.82, 2.24) is 0 Å². The van der Waals surface area contributed by atoms with Crippen molar-refractivity contribution in [2.75, 3.05) is 11.9 Å². The molecule has 20 heavy (non-hydrogen) atoms. The van der Waals surface area contributed by atoms with E-state index in [2.05, 4.69) is 26.1 Å². The highest BCUT2D eigenvalue weighted by Crippen LogP contribution is 2.29. The second-order valence-corrected chi connectivity index (χ2v) is 5.82. The summed E-state index contributed by atoms with van der Waals surface area (Å²) in [7, 11) is 0. The van der Waals surface area contributed by atoms with Gasteiger partial charge in [0.1, 0.15) is 5.75 Å². The molecule has 114 valence electrons. The molecule has 0 aliphatic carbocycles. The maximum atomic E-state index is 6.08. The van der Waals surface area contributed by atoms with Gasteiger partial charge in [-0.3, -0.25) is 0 Å². The number of unbranched alkanes of at least 4 members (excludes halogenated alkanes) is 3.